The number of anilines is 1. The predicted octanol–water partition coefficient (Wildman–Crippen LogP) is 4.46. The fraction of sp³-hybridized carbons (Fsp3) is 0.0455. The fourth-order valence-corrected chi connectivity index (χ4v) is 3.74. The van der Waals surface area contributed by atoms with Crippen LogP contribution in [0.1, 0.15) is 5.76 Å². The first-order valence-electron chi connectivity index (χ1n) is 9.38. The number of carbonyl (C=O) groups excluding carboxylic acids is 2. The van der Waals surface area contributed by atoms with Gasteiger partial charge in [0.1, 0.15) is 22.8 Å². The van der Waals surface area contributed by atoms with Crippen LogP contribution in [0.4, 0.5) is 11.4 Å². The minimum absolute atomic E-state index is 0.0276. The monoisotopic (exact) mass is 527 g/mol. The SMILES string of the molecule is COc1cc([N+](=O)[O-])ccc1-c1ccc(C=C2C(=O)NC(=S)N(c3ccc(Br)cc3)C2=O)o1. The molecule has 3 aromatic rings. The maximum Gasteiger partial charge on any atom is 0.273 e. The van der Waals surface area contributed by atoms with E-state index < -0.39 is 16.7 Å². The normalized spacial score (nSPS) is 15.0. The Bertz CT molecular complexity index is 1330. The number of nitrogens with one attached hydrogen (secondary N) is 1. The Morgan fingerprint density at radius 2 is 1.88 bits per heavy atom. The van der Waals surface area contributed by atoms with Crippen molar-refractivity contribution < 1.29 is 23.7 Å². The number of methoxy groups -OCH3 is 1. The Labute approximate surface area is 200 Å². The van der Waals surface area contributed by atoms with Crippen molar-refractivity contribution in [3.8, 4) is 17.1 Å². The molecule has 2 aromatic carbocycles. The molecule has 11 heteroatoms. The summed E-state index contributed by atoms with van der Waals surface area (Å²) in [5, 5.41) is 13.5. The van der Waals surface area contributed by atoms with Gasteiger partial charge >= 0.3 is 0 Å². The number of thiocarbonyl (C=S) groups is 1. The quantitative estimate of drug-likeness (QED) is 0.171. The molecule has 1 N–H and O–H groups in total. The van der Waals surface area contributed by atoms with Crippen LogP contribution in [-0.4, -0.2) is 29.0 Å². The molecule has 0 aliphatic carbocycles. The molecule has 1 aliphatic heterocycles. The number of hydrogen-bond acceptors (Lipinski definition) is 7. The van der Waals surface area contributed by atoms with Crippen LogP contribution in [0.25, 0.3) is 17.4 Å². The highest BCUT2D eigenvalue weighted by molar-refractivity contribution is 9.10. The molecular formula is C22H14BrN3O6S. The number of amides is 2. The van der Waals surface area contributed by atoms with Crippen LogP contribution in [0.2, 0.25) is 0 Å². The first kappa shape index (κ1) is 22.4. The summed E-state index contributed by atoms with van der Waals surface area (Å²) in [6, 6.07) is 14.2. The van der Waals surface area contributed by atoms with E-state index in [0.29, 0.717) is 17.0 Å². The maximum absolute atomic E-state index is 13.1. The third kappa shape index (κ3) is 4.41. The summed E-state index contributed by atoms with van der Waals surface area (Å²) < 4.78 is 11.8. The first-order valence-corrected chi connectivity index (χ1v) is 10.6. The summed E-state index contributed by atoms with van der Waals surface area (Å²) in [5.41, 5.74) is 0.681. The second kappa shape index (κ2) is 8.96. The predicted molar refractivity (Wildman–Crippen MR) is 128 cm³/mol. The topological polar surface area (TPSA) is 115 Å². The highest BCUT2D eigenvalue weighted by Crippen LogP contribution is 2.35. The molecule has 1 saturated heterocycles. The smallest absolute Gasteiger partial charge is 0.273 e. The van der Waals surface area contributed by atoms with E-state index in [4.69, 9.17) is 21.4 Å². The van der Waals surface area contributed by atoms with Crippen LogP contribution < -0.4 is 15.0 Å². The summed E-state index contributed by atoms with van der Waals surface area (Å²) >= 11 is 8.52. The lowest BCUT2D eigenvalue weighted by Gasteiger charge is -2.28. The number of nitro groups is 1. The standard InChI is InChI=1S/C22H14BrN3O6S/c1-31-19-10-14(26(29)30)6-8-16(19)18-9-7-15(32-18)11-17-20(27)24-22(33)25(21(17)28)13-4-2-12(23)3-5-13/h2-11H,1H3,(H,24,27,33). The minimum Gasteiger partial charge on any atom is -0.496 e. The van der Waals surface area contributed by atoms with Crippen LogP contribution in [0.3, 0.4) is 0 Å². The van der Waals surface area contributed by atoms with Gasteiger partial charge in [-0.3, -0.25) is 29.9 Å². The van der Waals surface area contributed by atoms with Crippen molar-refractivity contribution in [3.05, 3.63) is 80.5 Å². The number of halogens is 1. The number of hydrogen-bond donors (Lipinski definition) is 1. The average molecular weight is 528 g/mol. The zero-order chi connectivity index (χ0) is 23.7. The number of carbonyl (C=O) groups is 2. The maximum atomic E-state index is 13.1. The van der Waals surface area contributed by atoms with Crippen molar-refractivity contribution in [1.29, 1.82) is 0 Å². The van der Waals surface area contributed by atoms with E-state index in [-0.39, 0.29) is 27.9 Å². The number of nitrogens with zero attached hydrogens (tertiary/aromatic N) is 2. The molecule has 0 spiro atoms. The Kier molecular flexibility index (Phi) is 6.07. The number of furan rings is 1. The largest absolute Gasteiger partial charge is 0.496 e. The number of nitro benzene ring substituents is 1. The van der Waals surface area contributed by atoms with Crippen LogP contribution >= 0.6 is 28.1 Å². The van der Waals surface area contributed by atoms with Gasteiger partial charge in [-0.1, -0.05) is 15.9 Å². The van der Waals surface area contributed by atoms with Gasteiger partial charge < -0.3 is 9.15 Å². The zero-order valence-electron chi connectivity index (χ0n) is 16.9. The van der Waals surface area contributed by atoms with Gasteiger partial charge in [0, 0.05) is 10.5 Å². The lowest BCUT2D eigenvalue weighted by Crippen LogP contribution is -2.54. The van der Waals surface area contributed by atoms with Gasteiger partial charge in [0.25, 0.3) is 17.5 Å². The average Bonchev–Trinajstić information content (AvgIpc) is 3.25. The molecule has 166 valence electrons. The number of benzene rings is 2. The number of rotatable bonds is 5. The fourth-order valence-electron chi connectivity index (χ4n) is 3.20. The summed E-state index contributed by atoms with van der Waals surface area (Å²) in [5.74, 6) is -0.429. The van der Waals surface area contributed by atoms with E-state index in [2.05, 4.69) is 21.2 Å². The number of non-ortho nitro benzene ring substituents is 1. The van der Waals surface area contributed by atoms with E-state index in [9.17, 15) is 19.7 Å². The zero-order valence-corrected chi connectivity index (χ0v) is 19.3. The van der Waals surface area contributed by atoms with Crippen molar-refractivity contribution in [2.75, 3.05) is 12.0 Å². The Morgan fingerprint density at radius 1 is 1.15 bits per heavy atom. The first-order chi connectivity index (χ1) is 15.8. The van der Waals surface area contributed by atoms with Crippen LogP contribution in [-0.2, 0) is 9.59 Å². The second-order valence-corrected chi connectivity index (χ2v) is 8.08. The molecule has 1 fully saturated rings. The molecule has 0 bridgehead atoms. The molecule has 0 atom stereocenters. The van der Waals surface area contributed by atoms with Gasteiger partial charge in [0.2, 0.25) is 0 Å². The van der Waals surface area contributed by atoms with E-state index in [0.717, 1.165) is 4.47 Å². The third-order valence-corrected chi connectivity index (χ3v) is 5.57. The van der Waals surface area contributed by atoms with Gasteiger partial charge in [-0.25, -0.2) is 0 Å². The van der Waals surface area contributed by atoms with Gasteiger partial charge in [0.05, 0.1) is 29.4 Å². The van der Waals surface area contributed by atoms with Crippen molar-refractivity contribution in [2.45, 2.75) is 0 Å². The molecule has 33 heavy (non-hydrogen) atoms. The van der Waals surface area contributed by atoms with E-state index in [1.54, 1.807) is 36.4 Å². The molecular weight excluding hydrogens is 514 g/mol. The van der Waals surface area contributed by atoms with Crippen LogP contribution in [0.5, 0.6) is 5.75 Å². The summed E-state index contributed by atoms with van der Waals surface area (Å²) in [7, 11) is 1.39. The minimum atomic E-state index is -0.649. The Morgan fingerprint density at radius 3 is 2.55 bits per heavy atom. The van der Waals surface area contributed by atoms with Crippen molar-refractivity contribution >= 4 is 62.5 Å². The molecule has 9 nitrogen and oxygen atoms in total. The molecule has 1 aromatic heterocycles. The molecule has 0 saturated carbocycles. The molecule has 2 heterocycles. The van der Waals surface area contributed by atoms with E-state index in [1.165, 1.54) is 36.3 Å². The van der Waals surface area contributed by atoms with Crippen LogP contribution in [0.15, 0.2) is 69.1 Å². The van der Waals surface area contributed by atoms with Crippen LogP contribution in [0, 0.1) is 10.1 Å². The lowest BCUT2D eigenvalue weighted by molar-refractivity contribution is -0.384. The van der Waals surface area contributed by atoms with Crippen molar-refractivity contribution in [3.63, 3.8) is 0 Å². The summed E-state index contributed by atoms with van der Waals surface area (Å²) in [6.07, 6.45) is 1.31. The van der Waals surface area contributed by atoms with E-state index in [1.807, 2.05) is 0 Å². The Balaban J connectivity index is 1.67. The molecule has 0 radical (unpaired) electrons. The highest BCUT2D eigenvalue weighted by atomic mass is 79.9. The molecule has 1 aliphatic rings. The summed E-state index contributed by atoms with van der Waals surface area (Å²) in [6.45, 7) is 0. The molecule has 4 rings (SSSR count). The second-order valence-electron chi connectivity index (χ2n) is 6.78. The molecule has 0 unspecified atom stereocenters. The number of ether oxygens (including phenoxy) is 1. The van der Waals surface area contributed by atoms with Gasteiger partial charge in [-0.2, -0.15) is 0 Å². The lowest BCUT2D eigenvalue weighted by atomic mass is 10.1. The van der Waals surface area contributed by atoms with Gasteiger partial charge in [0.15, 0.2) is 5.11 Å². The van der Waals surface area contributed by atoms with Crippen molar-refractivity contribution in [1.82, 2.24) is 5.32 Å². The highest BCUT2D eigenvalue weighted by Gasteiger charge is 2.34. The Hall–Kier alpha value is -3.83. The summed E-state index contributed by atoms with van der Waals surface area (Å²) in [4.78, 5) is 37.3. The van der Waals surface area contributed by atoms with E-state index >= 15 is 0 Å². The van der Waals surface area contributed by atoms with Gasteiger partial charge in [-0.15, -0.1) is 0 Å². The molecule has 2 amide bonds. The van der Waals surface area contributed by atoms with Crippen molar-refractivity contribution in [2.24, 2.45) is 0 Å². The van der Waals surface area contributed by atoms with Gasteiger partial charge in [-0.05, 0) is 60.8 Å². The third-order valence-electron chi connectivity index (χ3n) is 4.76.